The molecule has 5 heteroatoms. The van der Waals surface area contributed by atoms with E-state index in [9.17, 15) is 0 Å². The second-order valence-corrected chi connectivity index (χ2v) is 5.03. The number of nitrogens with zero attached hydrogens (tertiary/aromatic N) is 1. The number of para-hydroxylation sites is 1. The topological polar surface area (TPSA) is 54.9 Å². The molecule has 1 aromatic rings. The Morgan fingerprint density at radius 2 is 2.09 bits per heavy atom. The molecular formula is C18H29N3O2. The number of hydrogen-bond donors (Lipinski definition) is 2. The van der Waals surface area contributed by atoms with Crippen LogP contribution < -0.4 is 15.4 Å². The minimum absolute atomic E-state index is 0.499. The van der Waals surface area contributed by atoms with Gasteiger partial charge in [0, 0.05) is 32.3 Å². The highest BCUT2D eigenvalue weighted by Crippen LogP contribution is 2.17. The zero-order chi connectivity index (χ0) is 16.8. The maximum Gasteiger partial charge on any atom is 0.191 e. The SMILES string of the molecule is C=CCOc1ccccc1CNC(=NC)NCCOCCCC. The zero-order valence-corrected chi connectivity index (χ0v) is 14.3. The van der Waals surface area contributed by atoms with Crippen LogP contribution in [-0.4, -0.2) is 39.4 Å². The van der Waals surface area contributed by atoms with Crippen molar-refractivity contribution >= 4 is 5.96 Å². The highest BCUT2D eigenvalue weighted by Gasteiger charge is 2.04. The van der Waals surface area contributed by atoms with Gasteiger partial charge >= 0.3 is 0 Å². The van der Waals surface area contributed by atoms with Crippen LogP contribution in [-0.2, 0) is 11.3 Å². The van der Waals surface area contributed by atoms with Crippen molar-refractivity contribution in [3.8, 4) is 5.75 Å². The van der Waals surface area contributed by atoms with Gasteiger partial charge in [0.25, 0.3) is 0 Å². The Labute approximate surface area is 139 Å². The van der Waals surface area contributed by atoms with Crippen LogP contribution in [0.25, 0.3) is 0 Å². The van der Waals surface area contributed by atoms with Crippen LogP contribution in [0.3, 0.4) is 0 Å². The number of rotatable bonds is 11. The molecule has 0 fully saturated rings. The molecular weight excluding hydrogens is 290 g/mol. The van der Waals surface area contributed by atoms with Crippen molar-refractivity contribution in [3.63, 3.8) is 0 Å². The summed E-state index contributed by atoms with van der Waals surface area (Å²) in [7, 11) is 1.76. The summed E-state index contributed by atoms with van der Waals surface area (Å²) in [5.74, 6) is 1.61. The number of guanidine groups is 1. The largest absolute Gasteiger partial charge is 0.489 e. The highest BCUT2D eigenvalue weighted by molar-refractivity contribution is 5.79. The van der Waals surface area contributed by atoms with E-state index in [2.05, 4.69) is 29.1 Å². The second kappa shape index (κ2) is 12.5. The van der Waals surface area contributed by atoms with E-state index in [0.29, 0.717) is 19.8 Å². The maximum absolute atomic E-state index is 5.65. The van der Waals surface area contributed by atoms with Crippen molar-refractivity contribution in [2.75, 3.05) is 33.4 Å². The molecule has 5 nitrogen and oxygen atoms in total. The van der Waals surface area contributed by atoms with Crippen LogP contribution in [0.2, 0.25) is 0 Å². The molecule has 0 heterocycles. The fraction of sp³-hybridized carbons (Fsp3) is 0.500. The van der Waals surface area contributed by atoms with E-state index >= 15 is 0 Å². The molecule has 23 heavy (non-hydrogen) atoms. The number of benzene rings is 1. The fourth-order valence-corrected chi connectivity index (χ4v) is 1.93. The Morgan fingerprint density at radius 1 is 1.26 bits per heavy atom. The summed E-state index contributed by atoms with van der Waals surface area (Å²) in [4.78, 5) is 4.21. The van der Waals surface area contributed by atoms with Gasteiger partial charge in [0.1, 0.15) is 12.4 Å². The minimum atomic E-state index is 0.499. The van der Waals surface area contributed by atoms with E-state index in [4.69, 9.17) is 9.47 Å². The smallest absolute Gasteiger partial charge is 0.191 e. The molecule has 0 spiro atoms. The summed E-state index contributed by atoms with van der Waals surface area (Å²) in [6.45, 7) is 9.20. The lowest BCUT2D eigenvalue weighted by Crippen LogP contribution is -2.38. The standard InChI is InChI=1S/C18H29N3O2/c1-4-6-13-22-14-11-20-18(19-3)21-15-16-9-7-8-10-17(16)23-12-5-2/h5,7-10H,2,4,6,11-15H2,1,3H3,(H2,19,20,21). The minimum Gasteiger partial charge on any atom is -0.489 e. The molecule has 0 bridgehead atoms. The van der Waals surface area contributed by atoms with Crippen molar-refractivity contribution in [3.05, 3.63) is 42.5 Å². The monoisotopic (exact) mass is 319 g/mol. The summed E-state index contributed by atoms with van der Waals surface area (Å²) in [5, 5.41) is 6.52. The third-order valence-electron chi connectivity index (χ3n) is 3.18. The van der Waals surface area contributed by atoms with Gasteiger partial charge in [-0.1, -0.05) is 44.2 Å². The number of nitrogens with one attached hydrogen (secondary N) is 2. The van der Waals surface area contributed by atoms with Crippen molar-refractivity contribution in [2.45, 2.75) is 26.3 Å². The van der Waals surface area contributed by atoms with Crippen LogP contribution in [0.1, 0.15) is 25.3 Å². The molecule has 0 saturated carbocycles. The van der Waals surface area contributed by atoms with Gasteiger partial charge in [-0.25, -0.2) is 0 Å². The predicted molar refractivity (Wildman–Crippen MR) is 96.1 cm³/mol. The molecule has 2 N–H and O–H groups in total. The van der Waals surface area contributed by atoms with Crippen molar-refractivity contribution in [2.24, 2.45) is 4.99 Å². The normalized spacial score (nSPS) is 11.1. The third kappa shape index (κ3) is 8.26. The van der Waals surface area contributed by atoms with Crippen molar-refractivity contribution in [1.29, 1.82) is 0 Å². The van der Waals surface area contributed by atoms with Gasteiger partial charge in [-0.3, -0.25) is 4.99 Å². The van der Waals surface area contributed by atoms with Crippen molar-refractivity contribution < 1.29 is 9.47 Å². The van der Waals surface area contributed by atoms with Crippen LogP contribution in [0.5, 0.6) is 5.75 Å². The van der Waals surface area contributed by atoms with Gasteiger partial charge in [-0.15, -0.1) is 0 Å². The molecule has 1 aromatic carbocycles. The maximum atomic E-state index is 5.65. The predicted octanol–water partition coefficient (Wildman–Crippen LogP) is 2.73. The molecule has 0 unspecified atom stereocenters. The molecule has 0 radical (unpaired) electrons. The summed E-state index contributed by atoms with van der Waals surface area (Å²) in [5.41, 5.74) is 1.08. The first-order chi connectivity index (χ1) is 11.3. The first-order valence-electron chi connectivity index (χ1n) is 8.15. The van der Waals surface area contributed by atoms with Crippen LogP contribution in [0.15, 0.2) is 41.9 Å². The van der Waals surface area contributed by atoms with Gasteiger partial charge < -0.3 is 20.1 Å². The van der Waals surface area contributed by atoms with Gasteiger partial charge in [0.15, 0.2) is 5.96 Å². The highest BCUT2D eigenvalue weighted by atomic mass is 16.5. The van der Waals surface area contributed by atoms with Gasteiger partial charge in [-0.2, -0.15) is 0 Å². The van der Waals surface area contributed by atoms with E-state index in [0.717, 1.165) is 43.3 Å². The van der Waals surface area contributed by atoms with Gasteiger partial charge in [0.2, 0.25) is 0 Å². The zero-order valence-electron chi connectivity index (χ0n) is 14.3. The fourth-order valence-electron chi connectivity index (χ4n) is 1.93. The van der Waals surface area contributed by atoms with E-state index in [-0.39, 0.29) is 0 Å². The molecule has 0 aliphatic heterocycles. The average Bonchev–Trinajstić information content (AvgIpc) is 2.59. The molecule has 0 amide bonds. The lowest BCUT2D eigenvalue weighted by molar-refractivity contribution is 0.136. The summed E-state index contributed by atoms with van der Waals surface area (Å²) >= 11 is 0. The molecule has 128 valence electrons. The summed E-state index contributed by atoms with van der Waals surface area (Å²) in [6, 6.07) is 7.95. The van der Waals surface area contributed by atoms with E-state index in [1.165, 1.54) is 0 Å². The van der Waals surface area contributed by atoms with Crippen LogP contribution >= 0.6 is 0 Å². The second-order valence-electron chi connectivity index (χ2n) is 5.03. The number of aliphatic imine (C=N–C) groups is 1. The lowest BCUT2D eigenvalue weighted by Gasteiger charge is -2.14. The van der Waals surface area contributed by atoms with E-state index in [1.807, 2.05) is 24.3 Å². The first-order valence-corrected chi connectivity index (χ1v) is 8.15. The first kappa shape index (κ1) is 19.0. The Hall–Kier alpha value is -2.01. The lowest BCUT2D eigenvalue weighted by atomic mass is 10.2. The molecule has 0 aromatic heterocycles. The van der Waals surface area contributed by atoms with E-state index < -0.39 is 0 Å². The Kier molecular flexibility index (Phi) is 10.4. The van der Waals surface area contributed by atoms with Gasteiger partial charge in [-0.05, 0) is 12.5 Å². The summed E-state index contributed by atoms with van der Waals surface area (Å²) in [6.07, 6.45) is 4.00. The average molecular weight is 319 g/mol. The van der Waals surface area contributed by atoms with Crippen LogP contribution in [0, 0.1) is 0 Å². The Morgan fingerprint density at radius 3 is 2.83 bits per heavy atom. The van der Waals surface area contributed by atoms with Gasteiger partial charge in [0.05, 0.1) is 6.61 Å². The summed E-state index contributed by atoms with van der Waals surface area (Å²) < 4.78 is 11.2. The Bertz CT molecular complexity index is 475. The van der Waals surface area contributed by atoms with Crippen LogP contribution in [0.4, 0.5) is 0 Å². The molecule has 0 saturated heterocycles. The molecule has 0 atom stereocenters. The quantitative estimate of drug-likeness (QED) is 0.285. The molecule has 1 rings (SSSR count). The number of hydrogen-bond acceptors (Lipinski definition) is 3. The van der Waals surface area contributed by atoms with Crippen molar-refractivity contribution in [1.82, 2.24) is 10.6 Å². The van der Waals surface area contributed by atoms with E-state index in [1.54, 1.807) is 13.1 Å². The number of unbranched alkanes of at least 4 members (excludes halogenated alkanes) is 1. The molecule has 0 aliphatic carbocycles. The molecule has 0 aliphatic rings. The Balaban J connectivity index is 2.35. The third-order valence-corrected chi connectivity index (χ3v) is 3.18. The number of ether oxygens (including phenoxy) is 2.